The summed E-state index contributed by atoms with van der Waals surface area (Å²) in [4.78, 5) is 59.8. The van der Waals surface area contributed by atoms with Gasteiger partial charge in [0.15, 0.2) is 5.82 Å². The molecule has 2 atom stereocenters. The second-order valence-corrected chi connectivity index (χ2v) is 19.2. The number of unbranched alkanes of at least 4 members (excludes halogenated alkanes) is 1. The van der Waals surface area contributed by atoms with Gasteiger partial charge in [0.2, 0.25) is 11.8 Å². The summed E-state index contributed by atoms with van der Waals surface area (Å²) < 4.78 is 70.4. The van der Waals surface area contributed by atoms with E-state index in [9.17, 15) is 32.8 Å². The average molecular weight is 956 g/mol. The molecule has 2 saturated heterocycles. The fourth-order valence-electron chi connectivity index (χ4n) is 8.57. The summed E-state index contributed by atoms with van der Waals surface area (Å²) in [5, 5.41) is 12.1. The molecule has 2 aliphatic heterocycles. The molecule has 5 heterocycles. The van der Waals surface area contributed by atoms with Crippen LogP contribution in [0.25, 0.3) is 21.8 Å². The number of thiazole rings is 1. The van der Waals surface area contributed by atoms with Gasteiger partial charge in [-0.05, 0) is 100 Å². The number of carbonyl (C=O) groups is 3. The van der Waals surface area contributed by atoms with Crippen molar-refractivity contribution < 1.29 is 41.4 Å². The van der Waals surface area contributed by atoms with Gasteiger partial charge in [0, 0.05) is 32.0 Å². The zero-order chi connectivity index (χ0) is 49.3. The second-order valence-electron chi connectivity index (χ2n) is 18.3. The van der Waals surface area contributed by atoms with Crippen LogP contribution >= 0.6 is 11.3 Å². The zero-order valence-electron chi connectivity index (χ0n) is 38.9. The number of nitriles is 1. The quantitative estimate of drug-likeness (QED) is 0.0793. The molecule has 5 aromatic rings. The molecule has 2 fully saturated rings. The number of amides is 3. The number of likely N-dealkylation sites (tertiary alicyclic amines) is 1. The average Bonchev–Trinajstić information content (AvgIpc) is 4.07. The minimum Gasteiger partial charge on any atom is -0.494 e. The van der Waals surface area contributed by atoms with Crippen LogP contribution < -0.4 is 19.9 Å². The topological polar surface area (TPSA) is 159 Å². The molecule has 358 valence electrons. The Labute approximate surface area is 396 Å². The van der Waals surface area contributed by atoms with Crippen molar-refractivity contribution in [3.05, 3.63) is 107 Å². The summed E-state index contributed by atoms with van der Waals surface area (Å²) in [6.07, 6.45) is 1.18. The SMILES string of the molecule is C=C1N(c2ccc(C#N)c(C(F)(F)F)c2F)C(=O)C(C)(C)N1c1ccc(-c2ccc(OCCCCOCC(=O)N[C@H](C(=O)N3CCC[C@H]3c3nc(-c4scnc4C)cn3C)C(C)(C)C)cc2)nc1. The zero-order valence-corrected chi connectivity index (χ0v) is 39.7. The summed E-state index contributed by atoms with van der Waals surface area (Å²) >= 11 is 1.53. The van der Waals surface area contributed by atoms with Gasteiger partial charge in [0.25, 0.3) is 5.91 Å². The molecule has 0 unspecified atom stereocenters. The van der Waals surface area contributed by atoms with Crippen LogP contribution in [0.15, 0.2) is 78.8 Å². The van der Waals surface area contributed by atoms with Crippen molar-refractivity contribution in [3.8, 4) is 33.6 Å². The first kappa shape index (κ1) is 49.3. The Bertz CT molecular complexity index is 2740. The third kappa shape index (κ3) is 9.97. The van der Waals surface area contributed by atoms with E-state index in [0.717, 1.165) is 57.5 Å². The number of aromatic nitrogens is 4. The van der Waals surface area contributed by atoms with E-state index in [-0.39, 0.29) is 30.3 Å². The van der Waals surface area contributed by atoms with Gasteiger partial charge >= 0.3 is 6.18 Å². The van der Waals surface area contributed by atoms with E-state index in [0.29, 0.717) is 49.7 Å². The van der Waals surface area contributed by atoms with Gasteiger partial charge < -0.3 is 29.2 Å². The van der Waals surface area contributed by atoms with Gasteiger partial charge in [-0.3, -0.25) is 24.3 Å². The molecule has 0 spiro atoms. The van der Waals surface area contributed by atoms with E-state index in [4.69, 9.17) is 14.5 Å². The normalized spacial score (nSPS) is 16.6. The third-order valence-corrected chi connectivity index (χ3v) is 13.0. The van der Waals surface area contributed by atoms with Gasteiger partial charge in [0.1, 0.15) is 46.8 Å². The number of anilines is 2. The highest BCUT2D eigenvalue weighted by Crippen LogP contribution is 2.44. The first-order chi connectivity index (χ1) is 32.1. The number of alkyl halides is 3. The van der Waals surface area contributed by atoms with Gasteiger partial charge in [-0.2, -0.15) is 18.4 Å². The van der Waals surface area contributed by atoms with Crippen LogP contribution in [-0.4, -0.2) is 80.1 Å². The molecule has 14 nitrogen and oxygen atoms in total. The van der Waals surface area contributed by atoms with Crippen molar-refractivity contribution in [1.82, 2.24) is 29.7 Å². The van der Waals surface area contributed by atoms with Crippen molar-refractivity contribution >= 4 is 40.4 Å². The highest BCUT2D eigenvalue weighted by atomic mass is 32.1. The number of ether oxygens (including phenoxy) is 2. The summed E-state index contributed by atoms with van der Waals surface area (Å²) in [7, 11) is 1.94. The standard InChI is InChI=1S/C49H53F4N9O5S/c1-29-42(68-28-56-29)36-26-59(8)44(57-36)38-12-11-21-60(38)45(64)43(47(3,4)5)58-39(63)27-66-22-9-10-23-67-34-17-13-31(14-18-34)35-19-16-33(25-55-35)62-30(2)61(46(65)48(62,6)7)37-20-15-32(24-54)40(41(37)50)49(51,52)53/h13-20,25-26,28,38,43H,2,9-12,21-23,27H2,1,3-8H3,(H,58,63)/t38-,43+/m0/s1. The number of nitrogens with one attached hydrogen (secondary N) is 1. The van der Waals surface area contributed by atoms with Crippen molar-refractivity contribution in [3.63, 3.8) is 0 Å². The predicted octanol–water partition coefficient (Wildman–Crippen LogP) is 9.12. The highest BCUT2D eigenvalue weighted by molar-refractivity contribution is 7.13. The van der Waals surface area contributed by atoms with E-state index < -0.39 is 51.7 Å². The number of pyridine rings is 1. The lowest BCUT2D eigenvalue weighted by molar-refractivity contribution is -0.141. The molecule has 3 amide bonds. The Kier molecular flexibility index (Phi) is 14.1. The van der Waals surface area contributed by atoms with E-state index in [1.807, 2.05) is 62.5 Å². The van der Waals surface area contributed by atoms with Crippen LogP contribution in [0.3, 0.4) is 0 Å². The first-order valence-corrected chi connectivity index (χ1v) is 23.0. The Morgan fingerprint density at radius 2 is 1.76 bits per heavy atom. The number of halogens is 4. The number of hydrogen-bond acceptors (Lipinski definition) is 11. The minimum absolute atomic E-state index is 0.0892. The lowest BCUT2D eigenvalue weighted by Gasteiger charge is -2.35. The Morgan fingerprint density at radius 3 is 2.40 bits per heavy atom. The predicted molar refractivity (Wildman–Crippen MR) is 249 cm³/mol. The third-order valence-electron chi connectivity index (χ3n) is 12.1. The fraction of sp³-hybridized carbons (Fsp3) is 0.408. The summed E-state index contributed by atoms with van der Waals surface area (Å²) in [5.74, 6) is -1.65. The van der Waals surface area contributed by atoms with Crippen LogP contribution in [0.2, 0.25) is 0 Å². The molecular weight excluding hydrogens is 903 g/mol. The molecular formula is C49H53F4N9O5S. The van der Waals surface area contributed by atoms with Crippen LogP contribution in [0.1, 0.15) is 89.0 Å². The summed E-state index contributed by atoms with van der Waals surface area (Å²) in [6, 6.07) is 12.8. The maximum absolute atomic E-state index is 15.4. The monoisotopic (exact) mass is 955 g/mol. The minimum atomic E-state index is -5.18. The first-order valence-electron chi connectivity index (χ1n) is 22.1. The van der Waals surface area contributed by atoms with E-state index in [1.165, 1.54) is 42.4 Å². The largest absolute Gasteiger partial charge is 0.494 e. The molecule has 68 heavy (non-hydrogen) atoms. The number of hydrogen-bond donors (Lipinski definition) is 1. The highest BCUT2D eigenvalue weighted by Gasteiger charge is 2.51. The van der Waals surface area contributed by atoms with Gasteiger partial charge in [0.05, 0.1) is 63.6 Å². The van der Waals surface area contributed by atoms with E-state index in [1.54, 1.807) is 29.8 Å². The molecule has 19 heteroatoms. The van der Waals surface area contributed by atoms with Crippen molar-refractivity contribution in [2.45, 2.75) is 91.0 Å². The van der Waals surface area contributed by atoms with Crippen molar-refractivity contribution in [2.24, 2.45) is 12.5 Å². The molecule has 0 aliphatic carbocycles. The van der Waals surface area contributed by atoms with Crippen LogP contribution in [0, 0.1) is 29.5 Å². The molecule has 2 aliphatic rings. The van der Waals surface area contributed by atoms with Crippen molar-refractivity contribution in [1.29, 1.82) is 5.26 Å². The molecule has 3 aromatic heterocycles. The number of imidazole rings is 1. The van der Waals surface area contributed by atoms with Gasteiger partial charge in [-0.25, -0.2) is 14.4 Å². The Hall–Kier alpha value is -6.65. The fourth-order valence-corrected chi connectivity index (χ4v) is 9.33. The molecule has 0 radical (unpaired) electrons. The number of nitrogens with zero attached hydrogens (tertiary/aromatic N) is 8. The summed E-state index contributed by atoms with van der Waals surface area (Å²) in [6.45, 7) is 15.8. The van der Waals surface area contributed by atoms with Crippen molar-refractivity contribution in [2.75, 3.05) is 36.2 Å². The van der Waals surface area contributed by atoms with Gasteiger partial charge in [-0.1, -0.05) is 27.4 Å². The maximum Gasteiger partial charge on any atom is 0.420 e. The van der Waals surface area contributed by atoms with Crippen LogP contribution in [-0.2, 0) is 32.3 Å². The molecule has 2 aromatic carbocycles. The molecule has 0 bridgehead atoms. The van der Waals surface area contributed by atoms with Crippen LogP contribution in [0.5, 0.6) is 5.75 Å². The number of aryl methyl sites for hydroxylation is 2. The molecule has 7 rings (SSSR count). The number of carbonyl (C=O) groups excluding carboxylic acids is 3. The molecule has 1 N–H and O–H groups in total. The number of rotatable bonds is 15. The summed E-state index contributed by atoms with van der Waals surface area (Å²) in [5.41, 5.74) is -0.00189. The van der Waals surface area contributed by atoms with E-state index >= 15 is 4.39 Å². The number of benzene rings is 2. The van der Waals surface area contributed by atoms with E-state index in [2.05, 4.69) is 21.9 Å². The smallest absolute Gasteiger partial charge is 0.420 e. The Balaban J connectivity index is 0.869. The maximum atomic E-state index is 15.4. The lowest BCUT2D eigenvalue weighted by atomic mass is 9.85. The lowest BCUT2D eigenvalue weighted by Crippen LogP contribution is -2.55. The van der Waals surface area contributed by atoms with Crippen LogP contribution in [0.4, 0.5) is 28.9 Å². The Morgan fingerprint density at radius 1 is 1.04 bits per heavy atom. The second kappa shape index (κ2) is 19.5. The molecule has 0 saturated carbocycles. The van der Waals surface area contributed by atoms with Gasteiger partial charge in [-0.15, -0.1) is 11.3 Å².